The second kappa shape index (κ2) is 7.00. The summed E-state index contributed by atoms with van der Waals surface area (Å²) in [5.41, 5.74) is 0.337. The molecule has 15 heavy (non-hydrogen) atoms. The molecule has 0 aromatic heterocycles. The van der Waals surface area contributed by atoms with E-state index in [0.717, 1.165) is 0 Å². The molecule has 86 valence electrons. The molecule has 0 aliphatic rings. The summed E-state index contributed by atoms with van der Waals surface area (Å²) < 4.78 is 4.78. The maximum Gasteiger partial charge on any atom is 0.333 e. The van der Waals surface area contributed by atoms with Crippen LogP contribution in [-0.4, -0.2) is 29.8 Å². The summed E-state index contributed by atoms with van der Waals surface area (Å²) in [6.45, 7) is 6.62. The monoisotopic (exact) mass is 215 g/mol. The molecular weight excluding hydrogens is 198 g/mol. The molecule has 0 aromatic carbocycles. The van der Waals surface area contributed by atoms with Crippen LogP contribution in [0.15, 0.2) is 12.2 Å². The van der Waals surface area contributed by atoms with Gasteiger partial charge in [0, 0.05) is 12.0 Å². The molecule has 0 saturated carbocycles. The van der Waals surface area contributed by atoms with Gasteiger partial charge < -0.3 is 15.2 Å². The highest BCUT2D eigenvalue weighted by atomic mass is 16.5. The van der Waals surface area contributed by atoms with E-state index in [-0.39, 0.29) is 18.9 Å². The zero-order valence-corrected chi connectivity index (χ0v) is 9.08. The van der Waals surface area contributed by atoms with Crippen molar-refractivity contribution in [3.8, 4) is 0 Å². The Bertz CT molecular complexity index is 248. The van der Waals surface area contributed by atoms with Crippen LogP contribution in [0.2, 0.25) is 0 Å². The molecule has 0 saturated heterocycles. The van der Waals surface area contributed by atoms with Gasteiger partial charge in [0.2, 0.25) is 5.91 Å². The van der Waals surface area contributed by atoms with Gasteiger partial charge in [-0.3, -0.25) is 4.79 Å². The lowest BCUT2D eigenvalue weighted by molar-refractivity contribution is -0.139. The fourth-order valence-electron chi connectivity index (χ4n) is 0.826. The second-order valence-electron chi connectivity index (χ2n) is 3.26. The summed E-state index contributed by atoms with van der Waals surface area (Å²) >= 11 is 0. The summed E-state index contributed by atoms with van der Waals surface area (Å²) in [5, 5.41) is 11.1. The Morgan fingerprint density at radius 2 is 2.13 bits per heavy atom. The normalized spacial score (nSPS) is 11.7. The van der Waals surface area contributed by atoms with Crippen molar-refractivity contribution >= 4 is 11.9 Å². The molecule has 0 aromatic rings. The van der Waals surface area contributed by atoms with E-state index in [1.165, 1.54) is 6.92 Å². The lowest BCUT2D eigenvalue weighted by atomic mass is 10.3. The molecule has 0 heterocycles. The Balaban J connectivity index is 3.50. The minimum Gasteiger partial charge on any atom is -0.462 e. The molecule has 0 aliphatic heterocycles. The first-order chi connectivity index (χ1) is 6.93. The minimum atomic E-state index is -0.851. The summed E-state index contributed by atoms with van der Waals surface area (Å²) in [7, 11) is 0. The summed E-state index contributed by atoms with van der Waals surface area (Å²) in [4.78, 5) is 21.9. The highest BCUT2D eigenvalue weighted by molar-refractivity contribution is 5.86. The van der Waals surface area contributed by atoms with E-state index in [1.807, 2.05) is 0 Å². The molecule has 5 nitrogen and oxygen atoms in total. The van der Waals surface area contributed by atoms with E-state index in [4.69, 9.17) is 9.84 Å². The van der Waals surface area contributed by atoms with E-state index in [1.54, 1.807) is 6.92 Å². The van der Waals surface area contributed by atoms with Gasteiger partial charge in [-0.1, -0.05) is 6.58 Å². The predicted octanol–water partition coefficient (Wildman–Crippen LogP) is 0.340. The molecule has 0 aliphatic carbocycles. The number of aliphatic hydroxyl groups excluding tert-OH is 1. The van der Waals surface area contributed by atoms with Crippen molar-refractivity contribution in [2.45, 2.75) is 32.9 Å². The third-order valence-electron chi connectivity index (χ3n) is 1.50. The molecule has 0 rings (SSSR count). The maximum absolute atomic E-state index is 11.0. The molecule has 0 radical (unpaired) electrons. The molecular formula is C10H17NO4. The molecule has 5 heteroatoms. The lowest BCUT2D eigenvalue weighted by Gasteiger charge is -2.07. The highest BCUT2D eigenvalue weighted by Gasteiger charge is 2.05. The van der Waals surface area contributed by atoms with Crippen LogP contribution in [0.5, 0.6) is 0 Å². The topological polar surface area (TPSA) is 75.6 Å². The van der Waals surface area contributed by atoms with Gasteiger partial charge in [-0.25, -0.2) is 4.79 Å². The second-order valence-corrected chi connectivity index (χ2v) is 3.26. The van der Waals surface area contributed by atoms with Crippen LogP contribution >= 0.6 is 0 Å². The third kappa shape index (κ3) is 7.69. The number of ether oxygens (including phenoxy) is 1. The molecule has 1 unspecified atom stereocenters. The third-order valence-corrected chi connectivity index (χ3v) is 1.50. The SMILES string of the molecule is C=C(C)C(=O)OCCCC(=O)NC(C)O. The zero-order valence-electron chi connectivity index (χ0n) is 9.08. The number of hydrogen-bond acceptors (Lipinski definition) is 4. The zero-order chi connectivity index (χ0) is 11.8. The number of nitrogens with one attached hydrogen (secondary N) is 1. The number of carbonyl (C=O) groups excluding carboxylic acids is 2. The molecule has 1 amide bonds. The first-order valence-corrected chi connectivity index (χ1v) is 4.73. The van der Waals surface area contributed by atoms with Gasteiger partial charge in [-0.05, 0) is 20.3 Å². The highest BCUT2D eigenvalue weighted by Crippen LogP contribution is 1.96. The van der Waals surface area contributed by atoms with Gasteiger partial charge in [0.1, 0.15) is 6.23 Å². The van der Waals surface area contributed by atoms with Gasteiger partial charge in [0.25, 0.3) is 0 Å². The summed E-state index contributed by atoms with van der Waals surface area (Å²) in [5.74, 6) is -0.720. The molecule has 0 fully saturated rings. The van der Waals surface area contributed by atoms with Gasteiger partial charge in [0.05, 0.1) is 6.61 Å². The average Bonchev–Trinajstić information content (AvgIpc) is 2.10. The van der Waals surface area contributed by atoms with Crippen LogP contribution in [0.1, 0.15) is 26.7 Å². The first kappa shape index (κ1) is 13.6. The number of carbonyl (C=O) groups is 2. The number of aliphatic hydroxyl groups is 1. The Morgan fingerprint density at radius 3 is 2.60 bits per heavy atom. The quantitative estimate of drug-likeness (QED) is 0.290. The van der Waals surface area contributed by atoms with Crippen LogP contribution in [0.4, 0.5) is 0 Å². The van der Waals surface area contributed by atoms with Crippen molar-refractivity contribution in [1.29, 1.82) is 0 Å². The van der Waals surface area contributed by atoms with E-state index < -0.39 is 12.2 Å². The fourth-order valence-corrected chi connectivity index (χ4v) is 0.826. The number of rotatable bonds is 6. The van der Waals surface area contributed by atoms with Crippen molar-refractivity contribution in [1.82, 2.24) is 5.32 Å². The van der Waals surface area contributed by atoms with Crippen LogP contribution < -0.4 is 5.32 Å². The van der Waals surface area contributed by atoms with Gasteiger partial charge in [-0.2, -0.15) is 0 Å². The van der Waals surface area contributed by atoms with Crippen molar-refractivity contribution < 1.29 is 19.4 Å². The van der Waals surface area contributed by atoms with Crippen LogP contribution in [0, 0.1) is 0 Å². The van der Waals surface area contributed by atoms with Crippen molar-refractivity contribution in [3.63, 3.8) is 0 Å². The van der Waals surface area contributed by atoms with Crippen LogP contribution in [0.3, 0.4) is 0 Å². The van der Waals surface area contributed by atoms with E-state index in [9.17, 15) is 9.59 Å². The number of esters is 1. The Hall–Kier alpha value is -1.36. The average molecular weight is 215 g/mol. The van der Waals surface area contributed by atoms with E-state index in [2.05, 4.69) is 11.9 Å². The largest absolute Gasteiger partial charge is 0.462 e. The first-order valence-electron chi connectivity index (χ1n) is 4.73. The molecule has 2 N–H and O–H groups in total. The Morgan fingerprint density at radius 1 is 1.53 bits per heavy atom. The van der Waals surface area contributed by atoms with Crippen molar-refractivity contribution in [2.75, 3.05) is 6.61 Å². The van der Waals surface area contributed by atoms with Crippen molar-refractivity contribution in [2.24, 2.45) is 0 Å². The van der Waals surface area contributed by atoms with Crippen LogP contribution in [0.25, 0.3) is 0 Å². The molecule has 0 bridgehead atoms. The van der Waals surface area contributed by atoms with Gasteiger partial charge >= 0.3 is 5.97 Å². The van der Waals surface area contributed by atoms with Crippen molar-refractivity contribution in [3.05, 3.63) is 12.2 Å². The summed E-state index contributed by atoms with van der Waals surface area (Å²) in [6.07, 6.45) is -0.207. The Kier molecular flexibility index (Phi) is 6.37. The Labute approximate surface area is 89.1 Å². The predicted molar refractivity (Wildman–Crippen MR) is 54.8 cm³/mol. The van der Waals surface area contributed by atoms with E-state index in [0.29, 0.717) is 12.0 Å². The van der Waals surface area contributed by atoms with E-state index >= 15 is 0 Å². The van der Waals surface area contributed by atoms with Gasteiger partial charge in [-0.15, -0.1) is 0 Å². The molecule has 0 spiro atoms. The smallest absolute Gasteiger partial charge is 0.333 e. The fraction of sp³-hybridized carbons (Fsp3) is 0.600. The summed E-state index contributed by atoms with van der Waals surface area (Å²) in [6, 6.07) is 0. The minimum absolute atomic E-state index is 0.179. The number of amides is 1. The lowest BCUT2D eigenvalue weighted by Crippen LogP contribution is -2.32. The maximum atomic E-state index is 11.0. The van der Waals surface area contributed by atoms with Gasteiger partial charge in [0.15, 0.2) is 0 Å². The van der Waals surface area contributed by atoms with Crippen LogP contribution in [-0.2, 0) is 14.3 Å². The molecule has 1 atom stereocenters. The number of hydrogen-bond donors (Lipinski definition) is 2. The standard InChI is InChI=1S/C10H17NO4/c1-7(2)10(14)15-6-4-5-9(13)11-8(3)12/h8,12H,1,4-6H2,2-3H3,(H,11,13).